The number of carbonyl (C=O) groups excluding carboxylic acids is 1. The predicted molar refractivity (Wildman–Crippen MR) is 35.0 cm³/mol. The maximum atomic E-state index is 10.5. The Kier molecular flexibility index (Phi) is 4.26. The second-order valence-electron chi connectivity index (χ2n) is 2.13. The van der Waals surface area contributed by atoms with Gasteiger partial charge in [-0.1, -0.05) is 0 Å². The van der Waals surface area contributed by atoms with Crippen molar-refractivity contribution >= 4 is 5.78 Å². The Morgan fingerprint density at radius 3 is 2.67 bits per heavy atom. The molecular formula is C6H13NO2. The Morgan fingerprint density at radius 2 is 2.33 bits per heavy atom. The lowest BCUT2D eigenvalue weighted by molar-refractivity contribution is -0.118. The molecule has 0 aromatic heterocycles. The molecular weight excluding hydrogens is 118 g/mol. The average molecular weight is 131 g/mol. The minimum atomic E-state index is -0.388. The van der Waals surface area contributed by atoms with Crippen LogP contribution in [0, 0.1) is 0 Å². The SMILES string of the molecule is CC(O)CCC(=O)CN. The number of carbonyl (C=O) groups is 1. The predicted octanol–water partition coefficient (Wildman–Crippen LogP) is -0.325. The molecule has 0 amide bonds. The van der Waals surface area contributed by atoms with Gasteiger partial charge in [0.25, 0.3) is 0 Å². The quantitative estimate of drug-likeness (QED) is 0.549. The third kappa shape index (κ3) is 5.46. The third-order valence-corrected chi connectivity index (χ3v) is 1.07. The van der Waals surface area contributed by atoms with Crippen molar-refractivity contribution in [3.05, 3.63) is 0 Å². The molecule has 0 aliphatic carbocycles. The molecule has 0 aromatic carbocycles. The Labute approximate surface area is 54.9 Å². The molecule has 0 radical (unpaired) electrons. The van der Waals surface area contributed by atoms with Crippen molar-refractivity contribution in [2.24, 2.45) is 5.73 Å². The minimum absolute atomic E-state index is 0.0101. The van der Waals surface area contributed by atoms with Crippen molar-refractivity contribution in [3.8, 4) is 0 Å². The molecule has 0 rings (SSSR count). The van der Waals surface area contributed by atoms with Crippen molar-refractivity contribution in [1.82, 2.24) is 0 Å². The van der Waals surface area contributed by atoms with Gasteiger partial charge in [-0.25, -0.2) is 0 Å². The number of Topliss-reactive ketones (excluding diaryl/α,β-unsaturated/α-hetero) is 1. The first-order chi connectivity index (χ1) is 4.16. The van der Waals surface area contributed by atoms with Crippen molar-refractivity contribution in [3.63, 3.8) is 0 Å². The monoisotopic (exact) mass is 131 g/mol. The molecule has 0 saturated carbocycles. The molecule has 1 unspecified atom stereocenters. The Bertz CT molecular complexity index is 91.1. The minimum Gasteiger partial charge on any atom is -0.393 e. The number of aliphatic hydroxyl groups excluding tert-OH is 1. The van der Waals surface area contributed by atoms with Gasteiger partial charge in [0, 0.05) is 6.42 Å². The first kappa shape index (κ1) is 8.59. The molecule has 3 N–H and O–H groups in total. The van der Waals surface area contributed by atoms with Crippen molar-refractivity contribution in [2.45, 2.75) is 25.9 Å². The van der Waals surface area contributed by atoms with E-state index in [9.17, 15) is 4.79 Å². The van der Waals surface area contributed by atoms with E-state index in [4.69, 9.17) is 10.8 Å². The molecule has 0 bridgehead atoms. The molecule has 3 nitrogen and oxygen atoms in total. The van der Waals surface area contributed by atoms with Gasteiger partial charge in [-0.15, -0.1) is 0 Å². The van der Waals surface area contributed by atoms with E-state index >= 15 is 0 Å². The summed E-state index contributed by atoms with van der Waals surface area (Å²) in [5.74, 6) is 0.0101. The number of hydrogen-bond donors (Lipinski definition) is 2. The topological polar surface area (TPSA) is 63.3 Å². The summed E-state index contributed by atoms with van der Waals surface area (Å²) in [6.45, 7) is 1.75. The summed E-state index contributed by atoms with van der Waals surface area (Å²) < 4.78 is 0. The molecule has 0 spiro atoms. The zero-order valence-electron chi connectivity index (χ0n) is 5.63. The molecule has 0 aliphatic rings. The van der Waals surface area contributed by atoms with Gasteiger partial charge in [0.05, 0.1) is 12.6 Å². The summed E-state index contributed by atoms with van der Waals surface area (Å²) in [4.78, 5) is 10.5. The number of rotatable bonds is 4. The molecule has 9 heavy (non-hydrogen) atoms. The first-order valence-corrected chi connectivity index (χ1v) is 3.06. The van der Waals surface area contributed by atoms with E-state index in [0.29, 0.717) is 12.8 Å². The van der Waals surface area contributed by atoms with Crippen LogP contribution >= 0.6 is 0 Å². The highest BCUT2D eigenvalue weighted by Gasteiger charge is 2.00. The number of hydrogen-bond acceptors (Lipinski definition) is 3. The maximum absolute atomic E-state index is 10.5. The van der Waals surface area contributed by atoms with Gasteiger partial charge in [0.15, 0.2) is 0 Å². The van der Waals surface area contributed by atoms with Crippen LogP contribution in [-0.4, -0.2) is 23.5 Å². The Hall–Kier alpha value is -0.410. The van der Waals surface area contributed by atoms with Crippen LogP contribution in [0.2, 0.25) is 0 Å². The number of aliphatic hydroxyl groups is 1. The molecule has 0 heterocycles. The molecule has 54 valence electrons. The van der Waals surface area contributed by atoms with Crippen LogP contribution in [0.1, 0.15) is 19.8 Å². The van der Waals surface area contributed by atoms with Gasteiger partial charge < -0.3 is 10.8 Å². The van der Waals surface area contributed by atoms with E-state index in [1.807, 2.05) is 0 Å². The van der Waals surface area contributed by atoms with Gasteiger partial charge in [0.1, 0.15) is 5.78 Å². The zero-order chi connectivity index (χ0) is 7.28. The van der Waals surface area contributed by atoms with E-state index in [2.05, 4.69) is 0 Å². The summed E-state index contributed by atoms with van der Waals surface area (Å²) >= 11 is 0. The average Bonchev–Trinajstić information content (AvgIpc) is 1.83. The smallest absolute Gasteiger partial charge is 0.146 e. The lowest BCUT2D eigenvalue weighted by Crippen LogP contribution is -2.15. The van der Waals surface area contributed by atoms with E-state index in [-0.39, 0.29) is 18.4 Å². The first-order valence-electron chi connectivity index (χ1n) is 3.06. The van der Waals surface area contributed by atoms with Gasteiger partial charge >= 0.3 is 0 Å². The van der Waals surface area contributed by atoms with Crippen LogP contribution < -0.4 is 5.73 Å². The van der Waals surface area contributed by atoms with Crippen molar-refractivity contribution < 1.29 is 9.90 Å². The van der Waals surface area contributed by atoms with Gasteiger partial charge in [-0.2, -0.15) is 0 Å². The van der Waals surface area contributed by atoms with Crippen LogP contribution in [0.25, 0.3) is 0 Å². The summed E-state index contributed by atoms with van der Waals surface area (Å²) in [6, 6.07) is 0. The highest BCUT2D eigenvalue weighted by molar-refractivity contribution is 5.80. The molecule has 0 fully saturated rings. The highest BCUT2D eigenvalue weighted by Crippen LogP contribution is 1.94. The largest absolute Gasteiger partial charge is 0.393 e. The van der Waals surface area contributed by atoms with E-state index in [1.54, 1.807) is 6.92 Å². The van der Waals surface area contributed by atoms with Gasteiger partial charge in [-0.3, -0.25) is 4.79 Å². The summed E-state index contributed by atoms with van der Waals surface area (Å²) in [5.41, 5.74) is 5.03. The number of ketones is 1. The fraction of sp³-hybridized carbons (Fsp3) is 0.833. The lowest BCUT2D eigenvalue weighted by Gasteiger charge is -1.99. The summed E-state index contributed by atoms with van der Waals surface area (Å²) in [6.07, 6.45) is 0.532. The zero-order valence-corrected chi connectivity index (χ0v) is 5.63. The summed E-state index contributed by atoms with van der Waals surface area (Å²) in [5, 5.41) is 8.70. The molecule has 3 heteroatoms. The lowest BCUT2D eigenvalue weighted by atomic mass is 10.1. The molecule has 1 atom stereocenters. The van der Waals surface area contributed by atoms with E-state index in [1.165, 1.54) is 0 Å². The normalized spacial score (nSPS) is 13.2. The van der Waals surface area contributed by atoms with E-state index in [0.717, 1.165) is 0 Å². The standard InChI is InChI=1S/C6H13NO2/c1-5(8)2-3-6(9)4-7/h5,8H,2-4,7H2,1H3. The van der Waals surface area contributed by atoms with Crippen LogP contribution in [0.5, 0.6) is 0 Å². The van der Waals surface area contributed by atoms with Crippen LogP contribution in [-0.2, 0) is 4.79 Å². The molecule has 0 aliphatic heterocycles. The van der Waals surface area contributed by atoms with Gasteiger partial charge in [0.2, 0.25) is 0 Å². The maximum Gasteiger partial charge on any atom is 0.146 e. The Morgan fingerprint density at radius 1 is 1.78 bits per heavy atom. The molecule has 0 saturated heterocycles. The van der Waals surface area contributed by atoms with Crippen molar-refractivity contribution in [2.75, 3.05) is 6.54 Å². The van der Waals surface area contributed by atoms with E-state index < -0.39 is 0 Å². The fourth-order valence-corrected chi connectivity index (χ4v) is 0.472. The second-order valence-corrected chi connectivity index (χ2v) is 2.13. The Balaban J connectivity index is 3.17. The second kappa shape index (κ2) is 4.47. The molecule has 0 aromatic rings. The number of nitrogens with two attached hydrogens (primary N) is 1. The van der Waals surface area contributed by atoms with Gasteiger partial charge in [-0.05, 0) is 13.3 Å². The fourth-order valence-electron chi connectivity index (χ4n) is 0.472. The van der Waals surface area contributed by atoms with Crippen LogP contribution in [0.15, 0.2) is 0 Å². The van der Waals surface area contributed by atoms with Crippen molar-refractivity contribution in [1.29, 1.82) is 0 Å². The summed E-state index contributed by atoms with van der Waals surface area (Å²) in [7, 11) is 0. The third-order valence-electron chi connectivity index (χ3n) is 1.07. The highest BCUT2D eigenvalue weighted by atomic mass is 16.3. The van der Waals surface area contributed by atoms with Crippen LogP contribution in [0.4, 0.5) is 0 Å². The van der Waals surface area contributed by atoms with Crippen LogP contribution in [0.3, 0.4) is 0 Å².